The zero-order chi connectivity index (χ0) is 19.6. The molecular weight excluding hydrogens is 356 g/mol. The smallest absolute Gasteiger partial charge is 0.277 e. The number of methoxy groups -OCH3 is 1. The van der Waals surface area contributed by atoms with Gasteiger partial charge in [-0.05, 0) is 42.0 Å². The second kappa shape index (κ2) is 9.78. The molecule has 0 aliphatic carbocycles. The average molecular weight is 376 g/mol. The molecule has 0 saturated heterocycles. The van der Waals surface area contributed by atoms with E-state index >= 15 is 0 Å². The molecule has 0 spiro atoms. The van der Waals surface area contributed by atoms with E-state index in [1.165, 1.54) is 0 Å². The Labute approximate surface area is 163 Å². The van der Waals surface area contributed by atoms with Crippen LogP contribution in [0.25, 0.3) is 0 Å². The first-order valence-corrected chi connectivity index (χ1v) is 8.65. The Balaban J connectivity index is 1.51. The zero-order valence-corrected chi connectivity index (χ0v) is 15.4. The summed E-state index contributed by atoms with van der Waals surface area (Å²) in [6.07, 6.45) is 1.54. The van der Waals surface area contributed by atoms with Crippen LogP contribution in [0.1, 0.15) is 5.56 Å². The van der Waals surface area contributed by atoms with Crippen molar-refractivity contribution in [3.8, 4) is 23.0 Å². The number of rotatable bonds is 8. The molecular formula is C22H20N2O4. The highest BCUT2D eigenvalue weighted by molar-refractivity contribution is 5.83. The Morgan fingerprint density at radius 1 is 0.929 bits per heavy atom. The summed E-state index contributed by atoms with van der Waals surface area (Å²) in [5.41, 5.74) is 3.22. The molecule has 1 N–H and O–H groups in total. The van der Waals surface area contributed by atoms with Crippen molar-refractivity contribution in [2.45, 2.75) is 0 Å². The Kier molecular flexibility index (Phi) is 6.62. The number of nitrogens with zero attached hydrogens (tertiary/aromatic N) is 1. The standard InChI is InChI=1S/C22H20N2O4/c1-26-20-12-5-6-13-21(20)27-16-22(25)24-23-15-17-8-7-11-19(14-17)28-18-9-3-2-4-10-18/h2-15H,16H2,1H3,(H,24,25). The van der Waals surface area contributed by atoms with Crippen LogP contribution in [0.5, 0.6) is 23.0 Å². The lowest BCUT2D eigenvalue weighted by atomic mass is 10.2. The fraction of sp³-hybridized carbons (Fsp3) is 0.0909. The molecule has 142 valence electrons. The van der Waals surface area contributed by atoms with Crippen LogP contribution in [0.3, 0.4) is 0 Å². The van der Waals surface area contributed by atoms with Crippen LogP contribution < -0.4 is 19.6 Å². The molecule has 6 nitrogen and oxygen atoms in total. The van der Waals surface area contributed by atoms with Gasteiger partial charge in [0.05, 0.1) is 13.3 Å². The Bertz CT molecular complexity index is 942. The summed E-state index contributed by atoms with van der Waals surface area (Å²) in [5.74, 6) is 2.11. The van der Waals surface area contributed by atoms with Gasteiger partial charge in [-0.1, -0.05) is 42.5 Å². The minimum Gasteiger partial charge on any atom is -0.493 e. The molecule has 0 heterocycles. The van der Waals surface area contributed by atoms with Gasteiger partial charge in [-0.3, -0.25) is 4.79 Å². The lowest BCUT2D eigenvalue weighted by Crippen LogP contribution is -2.24. The molecule has 0 fully saturated rings. The maximum Gasteiger partial charge on any atom is 0.277 e. The van der Waals surface area contributed by atoms with Crippen LogP contribution in [-0.4, -0.2) is 25.8 Å². The topological polar surface area (TPSA) is 69.2 Å². The van der Waals surface area contributed by atoms with Crippen molar-refractivity contribution in [3.63, 3.8) is 0 Å². The number of carbonyl (C=O) groups is 1. The first-order valence-electron chi connectivity index (χ1n) is 8.65. The largest absolute Gasteiger partial charge is 0.493 e. The highest BCUT2D eigenvalue weighted by Gasteiger charge is 2.06. The maximum absolute atomic E-state index is 11.9. The van der Waals surface area contributed by atoms with Crippen molar-refractivity contribution in [1.82, 2.24) is 5.43 Å². The average Bonchev–Trinajstić information content (AvgIpc) is 2.73. The number of hydrogen-bond acceptors (Lipinski definition) is 5. The van der Waals surface area contributed by atoms with Gasteiger partial charge in [0.2, 0.25) is 0 Å². The number of ether oxygens (including phenoxy) is 3. The van der Waals surface area contributed by atoms with Crippen molar-refractivity contribution in [1.29, 1.82) is 0 Å². The van der Waals surface area contributed by atoms with Crippen molar-refractivity contribution >= 4 is 12.1 Å². The molecule has 0 aliphatic heterocycles. The van der Waals surface area contributed by atoms with Gasteiger partial charge in [0.25, 0.3) is 5.91 Å². The van der Waals surface area contributed by atoms with Crippen molar-refractivity contribution in [3.05, 3.63) is 84.4 Å². The van der Waals surface area contributed by atoms with Gasteiger partial charge < -0.3 is 14.2 Å². The van der Waals surface area contributed by atoms with E-state index in [4.69, 9.17) is 14.2 Å². The summed E-state index contributed by atoms with van der Waals surface area (Å²) in [4.78, 5) is 11.9. The summed E-state index contributed by atoms with van der Waals surface area (Å²) >= 11 is 0. The molecule has 3 aromatic rings. The zero-order valence-electron chi connectivity index (χ0n) is 15.4. The van der Waals surface area contributed by atoms with E-state index in [9.17, 15) is 4.79 Å². The predicted molar refractivity (Wildman–Crippen MR) is 107 cm³/mol. The Morgan fingerprint density at radius 2 is 1.64 bits per heavy atom. The van der Waals surface area contributed by atoms with Gasteiger partial charge >= 0.3 is 0 Å². The number of hydrogen-bond donors (Lipinski definition) is 1. The third-order valence-corrected chi connectivity index (χ3v) is 3.67. The quantitative estimate of drug-likeness (QED) is 0.476. The van der Waals surface area contributed by atoms with Crippen LogP contribution in [-0.2, 0) is 4.79 Å². The summed E-state index contributed by atoms with van der Waals surface area (Å²) in [7, 11) is 1.54. The number of amides is 1. The highest BCUT2D eigenvalue weighted by atomic mass is 16.5. The second-order valence-electron chi connectivity index (χ2n) is 5.72. The van der Waals surface area contributed by atoms with Crippen LogP contribution >= 0.6 is 0 Å². The van der Waals surface area contributed by atoms with Crippen LogP contribution in [0.15, 0.2) is 84.0 Å². The molecule has 0 aromatic heterocycles. The van der Waals surface area contributed by atoms with E-state index < -0.39 is 0 Å². The highest BCUT2D eigenvalue weighted by Crippen LogP contribution is 2.25. The monoisotopic (exact) mass is 376 g/mol. The van der Waals surface area contributed by atoms with E-state index in [1.54, 1.807) is 31.5 Å². The number of para-hydroxylation sites is 3. The van der Waals surface area contributed by atoms with E-state index in [0.29, 0.717) is 17.2 Å². The van der Waals surface area contributed by atoms with Crippen LogP contribution in [0.2, 0.25) is 0 Å². The van der Waals surface area contributed by atoms with Gasteiger partial charge in [0.15, 0.2) is 18.1 Å². The molecule has 3 aromatic carbocycles. The lowest BCUT2D eigenvalue weighted by molar-refractivity contribution is -0.123. The number of carbonyl (C=O) groups excluding carboxylic acids is 1. The summed E-state index contributed by atoms with van der Waals surface area (Å²) in [5, 5.41) is 3.95. The van der Waals surface area contributed by atoms with Crippen molar-refractivity contribution in [2.24, 2.45) is 5.10 Å². The molecule has 0 bridgehead atoms. The predicted octanol–water partition coefficient (Wildman–Crippen LogP) is 4.02. The van der Waals surface area contributed by atoms with E-state index in [-0.39, 0.29) is 12.5 Å². The van der Waals surface area contributed by atoms with Gasteiger partial charge in [-0.2, -0.15) is 5.10 Å². The number of nitrogens with one attached hydrogen (secondary N) is 1. The first kappa shape index (κ1) is 19.0. The Morgan fingerprint density at radius 3 is 2.43 bits per heavy atom. The third kappa shape index (κ3) is 5.60. The molecule has 0 radical (unpaired) electrons. The number of benzene rings is 3. The van der Waals surface area contributed by atoms with Crippen LogP contribution in [0.4, 0.5) is 0 Å². The van der Waals surface area contributed by atoms with E-state index in [0.717, 1.165) is 11.3 Å². The molecule has 3 rings (SSSR count). The normalized spacial score (nSPS) is 10.5. The van der Waals surface area contributed by atoms with Crippen molar-refractivity contribution < 1.29 is 19.0 Å². The molecule has 1 amide bonds. The summed E-state index contributed by atoms with van der Waals surface area (Å²) < 4.78 is 16.4. The molecule has 0 saturated carbocycles. The summed E-state index contributed by atoms with van der Waals surface area (Å²) in [6.45, 7) is -0.172. The minimum atomic E-state index is -0.376. The first-order chi connectivity index (χ1) is 13.7. The third-order valence-electron chi connectivity index (χ3n) is 3.67. The van der Waals surface area contributed by atoms with Gasteiger partial charge in [-0.15, -0.1) is 0 Å². The minimum absolute atomic E-state index is 0.172. The van der Waals surface area contributed by atoms with Gasteiger partial charge in [0, 0.05) is 0 Å². The molecule has 0 aliphatic rings. The maximum atomic E-state index is 11.9. The Hall–Kier alpha value is -3.80. The van der Waals surface area contributed by atoms with Crippen LogP contribution in [0, 0.1) is 0 Å². The van der Waals surface area contributed by atoms with E-state index in [1.807, 2.05) is 60.7 Å². The van der Waals surface area contributed by atoms with Gasteiger partial charge in [-0.25, -0.2) is 5.43 Å². The molecule has 6 heteroatoms. The number of hydrazone groups is 1. The summed E-state index contributed by atoms with van der Waals surface area (Å²) in [6, 6.07) is 24.0. The SMILES string of the molecule is COc1ccccc1OCC(=O)NN=Cc1cccc(Oc2ccccc2)c1. The van der Waals surface area contributed by atoms with Crippen molar-refractivity contribution in [2.75, 3.05) is 13.7 Å². The lowest BCUT2D eigenvalue weighted by Gasteiger charge is -2.09. The fourth-order valence-corrected chi connectivity index (χ4v) is 2.38. The molecule has 0 unspecified atom stereocenters. The molecule has 28 heavy (non-hydrogen) atoms. The second-order valence-corrected chi connectivity index (χ2v) is 5.72. The van der Waals surface area contributed by atoms with E-state index in [2.05, 4.69) is 10.5 Å². The van der Waals surface area contributed by atoms with Gasteiger partial charge in [0.1, 0.15) is 11.5 Å². The fourth-order valence-electron chi connectivity index (χ4n) is 2.38. The molecule has 0 atom stereocenters.